The molecule has 6 nitrogen and oxygen atoms in total. The zero-order valence-corrected chi connectivity index (χ0v) is 12.8. The van der Waals surface area contributed by atoms with Gasteiger partial charge in [0.1, 0.15) is 0 Å². The van der Waals surface area contributed by atoms with Gasteiger partial charge >= 0.3 is 0 Å². The molecular formula is C14H29N3O3. The smallest absolute Gasteiger partial charge is 0.216 e. The summed E-state index contributed by atoms with van der Waals surface area (Å²) >= 11 is 0. The second kappa shape index (κ2) is 11.0. The van der Waals surface area contributed by atoms with Gasteiger partial charge in [0.25, 0.3) is 0 Å². The minimum atomic E-state index is -0.0214. The van der Waals surface area contributed by atoms with Crippen molar-refractivity contribution in [1.82, 2.24) is 15.5 Å². The van der Waals surface area contributed by atoms with Crippen molar-refractivity contribution in [3.8, 4) is 0 Å². The Kier molecular flexibility index (Phi) is 9.57. The number of hydrogen-bond acceptors (Lipinski definition) is 5. The number of piperidine rings is 1. The molecule has 0 aliphatic carbocycles. The summed E-state index contributed by atoms with van der Waals surface area (Å²) in [6, 6.07) is 0.684. The minimum absolute atomic E-state index is 0.0214. The average molecular weight is 287 g/mol. The lowest BCUT2D eigenvalue weighted by molar-refractivity contribution is -0.119. The molecule has 0 aromatic heterocycles. The van der Waals surface area contributed by atoms with Crippen LogP contribution < -0.4 is 10.6 Å². The number of amides is 1. The molecule has 1 saturated heterocycles. The molecule has 0 unspecified atom stereocenters. The quantitative estimate of drug-likeness (QED) is 0.547. The topological polar surface area (TPSA) is 62.8 Å². The number of hydrogen-bond donors (Lipinski definition) is 2. The molecule has 0 aromatic rings. The van der Waals surface area contributed by atoms with E-state index in [-0.39, 0.29) is 5.91 Å². The first-order valence-corrected chi connectivity index (χ1v) is 7.52. The van der Waals surface area contributed by atoms with Gasteiger partial charge in [-0.25, -0.2) is 0 Å². The van der Waals surface area contributed by atoms with Crippen LogP contribution >= 0.6 is 0 Å². The van der Waals surface area contributed by atoms with E-state index in [0.717, 1.165) is 26.2 Å². The minimum Gasteiger partial charge on any atom is -0.378 e. The van der Waals surface area contributed by atoms with E-state index >= 15 is 0 Å². The molecule has 1 aliphatic rings. The summed E-state index contributed by atoms with van der Waals surface area (Å²) in [5.41, 5.74) is 0. The highest BCUT2D eigenvalue weighted by atomic mass is 16.5. The highest BCUT2D eigenvalue weighted by Gasteiger charge is 2.16. The lowest BCUT2D eigenvalue weighted by atomic mass is 10.1. The summed E-state index contributed by atoms with van der Waals surface area (Å²) in [6.07, 6.45) is 2.45. The summed E-state index contributed by atoms with van der Waals surface area (Å²) in [4.78, 5) is 13.1. The number of nitrogens with one attached hydrogen (secondary N) is 2. The second-order valence-corrected chi connectivity index (χ2v) is 5.11. The standard InChI is InChI=1S/C14H29N3O3/c1-13(18)16-5-9-19-11-12-20-10-8-17-6-3-14(15-2)4-7-17/h14-15H,3-12H2,1-2H3,(H,16,18). The molecule has 1 fully saturated rings. The molecule has 6 heteroatoms. The molecule has 0 aromatic carbocycles. The van der Waals surface area contributed by atoms with E-state index in [2.05, 4.69) is 15.5 Å². The maximum atomic E-state index is 10.6. The van der Waals surface area contributed by atoms with Crippen molar-refractivity contribution in [2.45, 2.75) is 25.8 Å². The van der Waals surface area contributed by atoms with E-state index < -0.39 is 0 Å². The third-order valence-electron chi connectivity index (χ3n) is 3.54. The monoisotopic (exact) mass is 287 g/mol. The molecule has 118 valence electrons. The fraction of sp³-hybridized carbons (Fsp3) is 0.929. The first-order chi connectivity index (χ1) is 9.72. The first kappa shape index (κ1) is 17.4. The molecule has 20 heavy (non-hydrogen) atoms. The van der Waals surface area contributed by atoms with Gasteiger partial charge in [0.15, 0.2) is 0 Å². The van der Waals surface area contributed by atoms with Gasteiger partial charge in [0.2, 0.25) is 5.91 Å². The first-order valence-electron chi connectivity index (χ1n) is 7.52. The summed E-state index contributed by atoms with van der Waals surface area (Å²) in [5.74, 6) is -0.0214. The Morgan fingerprint density at radius 3 is 2.40 bits per heavy atom. The SMILES string of the molecule is CNC1CCN(CCOCCOCCNC(C)=O)CC1. The van der Waals surface area contributed by atoms with Crippen LogP contribution in [0.5, 0.6) is 0 Å². The number of carbonyl (C=O) groups excluding carboxylic acids is 1. The fourth-order valence-electron chi connectivity index (χ4n) is 2.26. The number of likely N-dealkylation sites (tertiary alicyclic amines) is 1. The zero-order chi connectivity index (χ0) is 14.6. The van der Waals surface area contributed by atoms with Crippen LogP contribution in [0.3, 0.4) is 0 Å². The van der Waals surface area contributed by atoms with E-state index in [1.165, 1.54) is 19.8 Å². The zero-order valence-electron chi connectivity index (χ0n) is 12.8. The maximum absolute atomic E-state index is 10.6. The fourth-order valence-corrected chi connectivity index (χ4v) is 2.26. The Morgan fingerprint density at radius 2 is 1.80 bits per heavy atom. The van der Waals surface area contributed by atoms with Crippen LogP contribution in [0.25, 0.3) is 0 Å². The van der Waals surface area contributed by atoms with Gasteiger partial charge in [-0.15, -0.1) is 0 Å². The normalized spacial score (nSPS) is 17.3. The van der Waals surface area contributed by atoms with Crippen molar-refractivity contribution in [1.29, 1.82) is 0 Å². The van der Waals surface area contributed by atoms with Crippen molar-refractivity contribution in [2.75, 3.05) is 59.7 Å². The number of rotatable bonds is 10. The average Bonchev–Trinajstić information content (AvgIpc) is 2.46. The van der Waals surface area contributed by atoms with Crippen LogP contribution in [0.2, 0.25) is 0 Å². The van der Waals surface area contributed by atoms with Gasteiger partial charge in [0, 0.05) is 26.1 Å². The van der Waals surface area contributed by atoms with Crippen molar-refractivity contribution >= 4 is 5.91 Å². The van der Waals surface area contributed by atoms with Crippen LogP contribution in [0.1, 0.15) is 19.8 Å². The van der Waals surface area contributed by atoms with Crippen LogP contribution in [-0.2, 0) is 14.3 Å². The van der Waals surface area contributed by atoms with E-state index in [4.69, 9.17) is 9.47 Å². The molecule has 0 saturated carbocycles. The molecule has 0 spiro atoms. The Bertz CT molecular complexity index is 256. The van der Waals surface area contributed by atoms with Crippen molar-refractivity contribution in [2.24, 2.45) is 0 Å². The van der Waals surface area contributed by atoms with E-state index in [0.29, 0.717) is 32.4 Å². The number of carbonyl (C=O) groups is 1. The van der Waals surface area contributed by atoms with Crippen molar-refractivity contribution < 1.29 is 14.3 Å². The molecule has 2 N–H and O–H groups in total. The molecule has 1 rings (SSSR count). The summed E-state index contributed by atoms with van der Waals surface area (Å²) < 4.78 is 10.9. The highest BCUT2D eigenvalue weighted by Crippen LogP contribution is 2.08. The number of ether oxygens (including phenoxy) is 2. The molecule has 1 aliphatic heterocycles. The molecule has 1 amide bonds. The summed E-state index contributed by atoms with van der Waals surface area (Å²) in [6.45, 7) is 7.89. The number of nitrogens with zero attached hydrogens (tertiary/aromatic N) is 1. The molecule has 0 bridgehead atoms. The van der Waals surface area contributed by atoms with Gasteiger partial charge in [-0.05, 0) is 33.0 Å². The Morgan fingerprint density at radius 1 is 1.15 bits per heavy atom. The van der Waals surface area contributed by atoms with Gasteiger partial charge < -0.3 is 25.0 Å². The Labute approximate surface area is 122 Å². The van der Waals surface area contributed by atoms with Crippen LogP contribution in [-0.4, -0.2) is 76.5 Å². The van der Waals surface area contributed by atoms with Gasteiger partial charge in [-0.2, -0.15) is 0 Å². The molecule has 0 radical (unpaired) electrons. The van der Waals surface area contributed by atoms with E-state index in [1.54, 1.807) is 0 Å². The van der Waals surface area contributed by atoms with Crippen molar-refractivity contribution in [3.63, 3.8) is 0 Å². The molecular weight excluding hydrogens is 258 g/mol. The molecule has 1 heterocycles. The van der Waals surface area contributed by atoms with Gasteiger partial charge in [-0.1, -0.05) is 0 Å². The third kappa shape index (κ3) is 8.47. The summed E-state index contributed by atoms with van der Waals surface area (Å²) in [5, 5.41) is 6.01. The largest absolute Gasteiger partial charge is 0.378 e. The second-order valence-electron chi connectivity index (χ2n) is 5.11. The predicted octanol–water partition coefficient (Wildman–Crippen LogP) is -0.160. The van der Waals surface area contributed by atoms with Crippen LogP contribution in [0.4, 0.5) is 0 Å². The maximum Gasteiger partial charge on any atom is 0.216 e. The Balaban J connectivity index is 1.82. The van der Waals surface area contributed by atoms with Crippen LogP contribution in [0.15, 0.2) is 0 Å². The highest BCUT2D eigenvalue weighted by molar-refractivity contribution is 5.72. The van der Waals surface area contributed by atoms with Crippen molar-refractivity contribution in [3.05, 3.63) is 0 Å². The lowest BCUT2D eigenvalue weighted by Crippen LogP contribution is -2.42. The lowest BCUT2D eigenvalue weighted by Gasteiger charge is -2.31. The summed E-state index contributed by atoms with van der Waals surface area (Å²) in [7, 11) is 2.04. The predicted molar refractivity (Wildman–Crippen MR) is 78.8 cm³/mol. The third-order valence-corrected chi connectivity index (χ3v) is 3.54. The van der Waals surface area contributed by atoms with Crippen LogP contribution in [0, 0.1) is 0 Å². The Hall–Kier alpha value is -0.690. The van der Waals surface area contributed by atoms with Gasteiger partial charge in [0.05, 0.1) is 26.4 Å². The van der Waals surface area contributed by atoms with E-state index in [1.807, 2.05) is 7.05 Å². The van der Waals surface area contributed by atoms with Gasteiger partial charge in [-0.3, -0.25) is 4.79 Å². The molecule has 0 atom stereocenters. The van der Waals surface area contributed by atoms with E-state index in [9.17, 15) is 4.79 Å².